The van der Waals surface area contributed by atoms with Gasteiger partial charge in [0, 0.05) is 12.5 Å². The zero-order chi connectivity index (χ0) is 14.7. The molecule has 2 heterocycles. The van der Waals surface area contributed by atoms with E-state index in [1.165, 1.54) is 11.0 Å². The molecular formula is C11H17N7O2. The lowest BCUT2D eigenvalue weighted by Crippen LogP contribution is -2.17. The topological polar surface area (TPSA) is 125 Å². The van der Waals surface area contributed by atoms with Gasteiger partial charge in [-0.3, -0.25) is 0 Å². The Balaban J connectivity index is 2.33. The van der Waals surface area contributed by atoms with Crippen LogP contribution in [-0.4, -0.2) is 47.4 Å². The van der Waals surface area contributed by atoms with Crippen LogP contribution >= 0.6 is 0 Å². The number of aromatic carboxylic acids is 1. The second-order valence-corrected chi connectivity index (χ2v) is 4.60. The summed E-state index contributed by atoms with van der Waals surface area (Å²) in [5.74, 6) is -0.412. The molecule has 2 aromatic rings. The fraction of sp³-hybridized carbons (Fsp3) is 0.545. The van der Waals surface area contributed by atoms with Gasteiger partial charge < -0.3 is 10.8 Å². The molecule has 108 valence electrons. The fourth-order valence-electron chi connectivity index (χ4n) is 1.96. The smallest absolute Gasteiger partial charge is 0.358 e. The van der Waals surface area contributed by atoms with Crippen molar-refractivity contribution in [3.63, 3.8) is 0 Å². The van der Waals surface area contributed by atoms with Crippen molar-refractivity contribution in [3.05, 3.63) is 23.5 Å². The van der Waals surface area contributed by atoms with E-state index in [1.54, 1.807) is 4.68 Å². The van der Waals surface area contributed by atoms with Crippen molar-refractivity contribution in [1.29, 1.82) is 0 Å². The molecule has 0 radical (unpaired) electrons. The quantitative estimate of drug-likeness (QED) is 0.743. The summed E-state index contributed by atoms with van der Waals surface area (Å²) in [6, 6.07) is 0.160. The number of nitrogens with two attached hydrogens (primary N) is 1. The molecule has 0 amide bonds. The molecule has 0 aromatic carbocycles. The van der Waals surface area contributed by atoms with Crippen LogP contribution in [0.25, 0.3) is 0 Å². The summed E-state index contributed by atoms with van der Waals surface area (Å²) in [5.41, 5.74) is 5.95. The third-order valence-electron chi connectivity index (χ3n) is 2.85. The van der Waals surface area contributed by atoms with Crippen LogP contribution in [0.5, 0.6) is 0 Å². The maximum atomic E-state index is 11.1. The number of carbonyl (C=O) groups is 1. The van der Waals surface area contributed by atoms with Crippen LogP contribution in [0.2, 0.25) is 0 Å². The highest BCUT2D eigenvalue weighted by Crippen LogP contribution is 2.11. The van der Waals surface area contributed by atoms with Crippen molar-refractivity contribution in [2.24, 2.45) is 5.73 Å². The number of nitrogens with zero attached hydrogens (tertiary/aromatic N) is 6. The number of rotatable bonds is 6. The van der Waals surface area contributed by atoms with E-state index in [0.29, 0.717) is 31.0 Å². The molecule has 20 heavy (non-hydrogen) atoms. The van der Waals surface area contributed by atoms with E-state index in [1.807, 2.05) is 13.8 Å². The summed E-state index contributed by atoms with van der Waals surface area (Å²) in [4.78, 5) is 15.3. The van der Waals surface area contributed by atoms with Crippen LogP contribution in [0.15, 0.2) is 6.33 Å². The van der Waals surface area contributed by atoms with Crippen molar-refractivity contribution in [3.8, 4) is 0 Å². The number of carboxylic acids is 1. The zero-order valence-electron chi connectivity index (χ0n) is 11.4. The maximum absolute atomic E-state index is 11.1. The van der Waals surface area contributed by atoms with Gasteiger partial charge >= 0.3 is 5.97 Å². The van der Waals surface area contributed by atoms with E-state index < -0.39 is 5.97 Å². The van der Waals surface area contributed by atoms with Gasteiger partial charge in [0.2, 0.25) is 0 Å². The molecule has 2 aromatic heterocycles. The highest BCUT2D eigenvalue weighted by atomic mass is 16.4. The van der Waals surface area contributed by atoms with Gasteiger partial charge in [-0.2, -0.15) is 5.10 Å². The Bertz CT molecular complexity index is 602. The normalized spacial score (nSPS) is 11.2. The Morgan fingerprint density at radius 1 is 1.50 bits per heavy atom. The summed E-state index contributed by atoms with van der Waals surface area (Å²) in [7, 11) is 0. The molecule has 9 heteroatoms. The number of hydrogen-bond acceptors (Lipinski definition) is 6. The number of aromatic nitrogens is 6. The van der Waals surface area contributed by atoms with E-state index in [9.17, 15) is 4.79 Å². The highest BCUT2D eigenvalue weighted by molar-refractivity contribution is 5.86. The van der Waals surface area contributed by atoms with E-state index in [0.717, 1.165) is 0 Å². The van der Waals surface area contributed by atoms with Gasteiger partial charge in [-0.25, -0.2) is 19.1 Å². The van der Waals surface area contributed by atoms with Crippen molar-refractivity contribution >= 4 is 5.97 Å². The number of carboxylic acid groups (broad SMARTS) is 1. The Labute approximate surface area is 115 Å². The third-order valence-corrected chi connectivity index (χ3v) is 2.85. The highest BCUT2D eigenvalue weighted by Gasteiger charge is 2.19. The molecular weight excluding hydrogens is 262 g/mol. The van der Waals surface area contributed by atoms with Crippen molar-refractivity contribution < 1.29 is 9.90 Å². The second-order valence-electron chi connectivity index (χ2n) is 4.60. The molecule has 0 unspecified atom stereocenters. The van der Waals surface area contributed by atoms with Crippen LogP contribution in [0, 0.1) is 0 Å². The standard InChI is InChI=1S/C11H17N7O2/c1-7(2)18-9(13-6-14-18)5-17-8(3-4-12)10(11(19)20)15-16-17/h6-7H,3-5,12H2,1-2H3,(H,19,20). The van der Waals surface area contributed by atoms with Crippen LogP contribution in [0.3, 0.4) is 0 Å². The Kier molecular flexibility index (Phi) is 4.08. The van der Waals surface area contributed by atoms with Crippen molar-refractivity contribution in [2.45, 2.75) is 32.9 Å². The minimum Gasteiger partial charge on any atom is -0.476 e. The van der Waals surface area contributed by atoms with Crippen LogP contribution < -0.4 is 5.73 Å². The molecule has 0 atom stereocenters. The molecule has 0 saturated carbocycles. The Morgan fingerprint density at radius 2 is 2.25 bits per heavy atom. The maximum Gasteiger partial charge on any atom is 0.358 e. The molecule has 0 bridgehead atoms. The summed E-state index contributed by atoms with van der Waals surface area (Å²) in [6.07, 6.45) is 1.86. The Morgan fingerprint density at radius 3 is 2.85 bits per heavy atom. The van der Waals surface area contributed by atoms with E-state index in [-0.39, 0.29) is 11.7 Å². The molecule has 0 aliphatic rings. The van der Waals surface area contributed by atoms with Crippen molar-refractivity contribution in [2.75, 3.05) is 6.54 Å². The average molecular weight is 279 g/mol. The summed E-state index contributed by atoms with van der Waals surface area (Å²) >= 11 is 0. The van der Waals surface area contributed by atoms with Crippen LogP contribution in [-0.2, 0) is 13.0 Å². The lowest BCUT2D eigenvalue weighted by atomic mass is 10.2. The fourth-order valence-corrected chi connectivity index (χ4v) is 1.96. The minimum absolute atomic E-state index is 0.0638. The van der Waals surface area contributed by atoms with E-state index in [4.69, 9.17) is 10.8 Å². The van der Waals surface area contributed by atoms with Gasteiger partial charge in [-0.05, 0) is 20.4 Å². The SMILES string of the molecule is CC(C)n1ncnc1Cn1nnc(C(=O)O)c1CCN. The monoisotopic (exact) mass is 279 g/mol. The minimum atomic E-state index is -1.11. The van der Waals surface area contributed by atoms with Crippen molar-refractivity contribution in [1.82, 2.24) is 29.8 Å². The predicted molar refractivity (Wildman–Crippen MR) is 69.2 cm³/mol. The average Bonchev–Trinajstić information content (AvgIpc) is 2.98. The van der Waals surface area contributed by atoms with Gasteiger partial charge in [0.05, 0.1) is 5.69 Å². The molecule has 0 aliphatic heterocycles. The summed E-state index contributed by atoms with van der Waals surface area (Å²) in [5, 5.41) is 20.8. The summed E-state index contributed by atoms with van der Waals surface area (Å²) < 4.78 is 3.27. The van der Waals surface area contributed by atoms with Gasteiger partial charge in [0.25, 0.3) is 0 Å². The number of hydrogen-bond donors (Lipinski definition) is 2. The molecule has 0 spiro atoms. The van der Waals surface area contributed by atoms with Crippen LogP contribution in [0.1, 0.15) is 41.9 Å². The zero-order valence-corrected chi connectivity index (χ0v) is 11.4. The molecule has 9 nitrogen and oxygen atoms in total. The first-order valence-corrected chi connectivity index (χ1v) is 6.28. The molecule has 0 saturated heterocycles. The first-order chi connectivity index (χ1) is 9.54. The molecule has 2 rings (SSSR count). The molecule has 0 fully saturated rings. The second kappa shape index (κ2) is 5.78. The van der Waals surface area contributed by atoms with E-state index in [2.05, 4.69) is 20.4 Å². The first-order valence-electron chi connectivity index (χ1n) is 6.28. The van der Waals surface area contributed by atoms with Gasteiger partial charge in [-0.1, -0.05) is 5.21 Å². The van der Waals surface area contributed by atoms with E-state index >= 15 is 0 Å². The van der Waals surface area contributed by atoms with Gasteiger partial charge in [0.1, 0.15) is 18.7 Å². The summed E-state index contributed by atoms with van der Waals surface area (Å²) in [6.45, 7) is 4.62. The lowest BCUT2D eigenvalue weighted by Gasteiger charge is -2.10. The first kappa shape index (κ1) is 14.1. The Hall–Kier alpha value is -2.29. The molecule has 0 aliphatic carbocycles. The predicted octanol–water partition coefficient (Wildman–Crippen LogP) is -0.302. The largest absolute Gasteiger partial charge is 0.476 e. The van der Waals surface area contributed by atoms with Crippen LogP contribution in [0.4, 0.5) is 0 Å². The van der Waals surface area contributed by atoms with Gasteiger partial charge in [-0.15, -0.1) is 5.10 Å². The molecule has 3 N–H and O–H groups in total. The third kappa shape index (κ3) is 2.67. The lowest BCUT2D eigenvalue weighted by molar-refractivity contribution is 0.0689. The van der Waals surface area contributed by atoms with Gasteiger partial charge in [0.15, 0.2) is 5.69 Å².